The molecule has 7 heteroatoms. The van der Waals surface area contributed by atoms with Crippen LogP contribution < -0.4 is 5.32 Å². The van der Waals surface area contributed by atoms with Gasteiger partial charge in [0, 0.05) is 31.9 Å². The quantitative estimate of drug-likeness (QED) is 0.831. The van der Waals surface area contributed by atoms with Gasteiger partial charge in [-0.2, -0.15) is 0 Å². The summed E-state index contributed by atoms with van der Waals surface area (Å²) in [7, 11) is 0. The first-order valence-corrected chi connectivity index (χ1v) is 8.26. The number of nitrogens with one attached hydrogen (secondary N) is 1. The summed E-state index contributed by atoms with van der Waals surface area (Å²) in [4.78, 5) is 49.9. The van der Waals surface area contributed by atoms with Gasteiger partial charge in [0.25, 0.3) is 5.91 Å². The molecule has 1 N–H and O–H groups in total. The maximum Gasteiger partial charge on any atom is 0.277 e. The van der Waals surface area contributed by atoms with Crippen molar-refractivity contribution in [2.45, 2.75) is 33.2 Å². The third kappa shape index (κ3) is 2.81. The lowest BCUT2D eigenvalue weighted by Gasteiger charge is -2.33. The van der Waals surface area contributed by atoms with Crippen LogP contribution in [0.15, 0.2) is 42.2 Å². The molecule has 2 aromatic rings. The minimum absolute atomic E-state index is 0.0904. The van der Waals surface area contributed by atoms with Gasteiger partial charge in [0.05, 0.1) is 5.52 Å². The highest BCUT2D eigenvalue weighted by Crippen LogP contribution is 2.25. The Morgan fingerprint density at radius 3 is 2.46 bits per heavy atom. The minimum Gasteiger partial charge on any atom is -0.320 e. The molecule has 1 aliphatic rings. The van der Waals surface area contributed by atoms with Crippen LogP contribution in [0.3, 0.4) is 0 Å². The van der Waals surface area contributed by atoms with Crippen molar-refractivity contribution in [3.05, 3.63) is 47.8 Å². The predicted octanol–water partition coefficient (Wildman–Crippen LogP) is 1.62. The second-order valence-electron chi connectivity index (χ2n) is 6.17. The number of allylic oxidation sites excluding steroid dienone is 1. The van der Waals surface area contributed by atoms with Crippen molar-refractivity contribution >= 4 is 34.5 Å². The molecule has 0 radical (unpaired) electrons. The first-order chi connectivity index (χ1) is 12.3. The second kappa shape index (κ2) is 6.59. The number of imide groups is 1. The van der Waals surface area contributed by atoms with Gasteiger partial charge in [-0.15, -0.1) is 0 Å². The Balaban J connectivity index is 2.06. The highest BCUT2D eigenvalue weighted by Gasteiger charge is 2.40. The second-order valence-corrected chi connectivity index (χ2v) is 6.17. The summed E-state index contributed by atoms with van der Waals surface area (Å²) >= 11 is 0. The average molecular weight is 353 g/mol. The highest BCUT2D eigenvalue weighted by atomic mass is 16.2. The van der Waals surface area contributed by atoms with Crippen LogP contribution in [-0.2, 0) is 20.8 Å². The van der Waals surface area contributed by atoms with Crippen LogP contribution in [0.25, 0.3) is 10.9 Å². The molecule has 134 valence electrons. The Morgan fingerprint density at radius 2 is 1.85 bits per heavy atom. The number of carbonyl (C=O) groups excluding carboxylic acids is 4. The molecule has 0 unspecified atom stereocenters. The van der Waals surface area contributed by atoms with Gasteiger partial charge in [-0.1, -0.05) is 24.3 Å². The van der Waals surface area contributed by atoms with Gasteiger partial charge in [0.15, 0.2) is 0 Å². The molecule has 7 nitrogen and oxygen atoms in total. The zero-order valence-electron chi connectivity index (χ0n) is 14.8. The molecule has 1 aromatic heterocycles. The van der Waals surface area contributed by atoms with Crippen molar-refractivity contribution < 1.29 is 19.2 Å². The van der Waals surface area contributed by atoms with Gasteiger partial charge in [0.1, 0.15) is 11.7 Å². The molecule has 1 aliphatic heterocycles. The Morgan fingerprint density at radius 1 is 1.15 bits per heavy atom. The van der Waals surface area contributed by atoms with E-state index in [1.165, 1.54) is 24.5 Å². The Kier molecular flexibility index (Phi) is 4.46. The first kappa shape index (κ1) is 17.6. The third-order valence-electron chi connectivity index (χ3n) is 4.50. The number of rotatable bonds is 2. The number of amides is 3. The normalized spacial score (nSPS) is 19.1. The fourth-order valence-corrected chi connectivity index (χ4v) is 3.28. The topological polar surface area (TPSA) is 88.5 Å². The van der Waals surface area contributed by atoms with E-state index in [-0.39, 0.29) is 18.0 Å². The lowest BCUT2D eigenvalue weighted by atomic mass is 10.0. The average Bonchev–Trinajstić information content (AvgIpc) is 2.96. The molecule has 3 rings (SSSR count). The highest BCUT2D eigenvalue weighted by molar-refractivity contribution is 6.12. The number of para-hydroxylation sites is 1. The monoisotopic (exact) mass is 353 g/mol. The molecule has 3 amide bonds. The van der Waals surface area contributed by atoms with E-state index in [0.29, 0.717) is 0 Å². The molecular weight excluding hydrogens is 334 g/mol. The number of nitrogens with zero attached hydrogens (tertiary/aromatic N) is 2. The van der Waals surface area contributed by atoms with Crippen molar-refractivity contribution in [2.24, 2.45) is 0 Å². The summed E-state index contributed by atoms with van der Waals surface area (Å²) < 4.78 is 1.50. The maximum absolute atomic E-state index is 12.5. The molecule has 2 heterocycles. The van der Waals surface area contributed by atoms with Crippen LogP contribution in [-0.4, -0.2) is 39.1 Å². The van der Waals surface area contributed by atoms with E-state index in [1.54, 1.807) is 13.1 Å². The van der Waals surface area contributed by atoms with Crippen LogP contribution in [0, 0.1) is 0 Å². The van der Waals surface area contributed by atoms with Crippen molar-refractivity contribution in [1.29, 1.82) is 0 Å². The van der Waals surface area contributed by atoms with Crippen LogP contribution in [0.1, 0.15) is 31.1 Å². The number of carbonyl (C=O) groups is 4. The van der Waals surface area contributed by atoms with Crippen LogP contribution in [0.4, 0.5) is 0 Å². The molecule has 1 saturated heterocycles. The molecule has 1 fully saturated rings. The number of hydrogen-bond acceptors (Lipinski definition) is 4. The van der Waals surface area contributed by atoms with Gasteiger partial charge in [-0.05, 0) is 18.6 Å². The lowest BCUT2D eigenvalue weighted by Crippen LogP contribution is -2.59. The number of benzene rings is 1. The van der Waals surface area contributed by atoms with E-state index in [2.05, 4.69) is 5.32 Å². The Labute approximate surface area is 150 Å². The van der Waals surface area contributed by atoms with Crippen molar-refractivity contribution in [2.75, 3.05) is 0 Å². The van der Waals surface area contributed by atoms with Crippen molar-refractivity contribution in [1.82, 2.24) is 14.8 Å². The van der Waals surface area contributed by atoms with Gasteiger partial charge in [-0.25, -0.2) is 0 Å². The van der Waals surface area contributed by atoms with Gasteiger partial charge >= 0.3 is 0 Å². The summed E-state index contributed by atoms with van der Waals surface area (Å²) in [6.07, 6.45) is 3.26. The predicted molar refractivity (Wildman–Crippen MR) is 95.2 cm³/mol. The summed E-state index contributed by atoms with van der Waals surface area (Å²) in [5.41, 5.74) is 1.53. The SMILES string of the molecule is C/C=C1\NC(=O)[C@H](Cc2cn(C(C)=O)c3ccccc23)N(C(C)=O)C1=O. The standard InChI is InChI=1S/C19H19N3O4/c1-4-15-19(26)22(12(3)24)17(18(25)20-15)9-13-10-21(11(2)23)16-8-6-5-7-14(13)16/h4-8,10,17H,9H2,1-3H3,(H,20,25)/b15-4-/t17-/m0/s1. The summed E-state index contributed by atoms with van der Waals surface area (Å²) in [5.74, 6) is -1.60. The Hall–Kier alpha value is -3.22. The van der Waals surface area contributed by atoms with Crippen LogP contribution in [0.5, 0.6) is 0 Å². The van der Waals surface area contributed by atoms with Crippen molar-refractivity contribution in [3.63, 3.8) is 0 Å². The zero-order valence-corrected chi connectivity index (χ0v) is 14.8. The lowest BCUT2D eigenvalue weighted by molar-refractivity contribution is -0.152. The molecule has 0 spiro atoms. The smallest absolute Gasteiger partial charge is 0.277 e. The van der Waals surface area contributed by atoms with E-state index in [1.807, 2.05) is 24.3 Å². The number of fused-ring (bicyclic) bond motifs is 1. The number of piperazine rings is 1. The third-order valence-corrected chi connectivity index (χ3v) is 4.50. The maximum atomic E-state index is 12.5. The molecule has 0 aliphatic carbocycles. The van der Waals surface area contributed by atoms with E-state index < -0.39 is 23.8 Å². The zero-order chi connectivity index (χ0) is 19.0. The van der Waals surface area contributed by atoms with E-state index in [0.717, 1.165) is 21.4 Å². The minimum atomic E-state index is -0.963. The van der Waals surface area contributed by atoms with Gasteiger partial charge in [0.2, 0.25) is 17.7 Å². The molecule has 0 saturated carbocycles. The molecule has 1 aromatic carbocycles. The van der Waals surface area contributed by atoms with Gasteiger partial charge in [-0.3, -0.25) is 28.6 Å². The van der Waals surface area contributed by atoms with Crippen LogP contribution in [0.2, 0.25) is 0 Å². The summed E-state index contributed by atoms with van der Waals surface area (Å²) in [5, 5.41) is 3.36. The van der Waals surface area contributed by atoms with Gasteiger partial charge < -0.3 is 5.32 Å². The molecular formula is C19H19N3O4. The first-order valence-electron chi connectivity index (χ1n) is 8.26. The number of aromatic nitrogens is 1. The molecule has 26 heavy (non-hydrogen) atoms. The summed E-state index contributed by atoms with van der Waals surface area (Å²) in [6, 6.07) is 6.36. The number of hydrogen-bond donors (Lipinski definition) is 1. The largest absolute Gasteiger partial charge is 0.320 e. The Bertz CT molecular complexity index is 970. The fourth-order valence-electron chi connectivity index (χ4n) is 3.28. The molecule has 0 bridgehead atoms. The molecule has 1 atom stereocenters. The van der Waals surface area contributed by atoms with Crippen molar-refractivity contribution in [3.8, 4) is 0 Å². The van der Waals surface area contributed by atoms with Crippen LogP contribution >= 0.6 is 0 Å². The summed E-state index contributed by atoms with van der Waals surface area (Å²) in [6.45, 7) is 4.33. The van der Waals surface area contributed by atoms with E-state index in [9.17, 15) is 19.2 Å². The fraction of sp³-hybridized carbons (Fsp3) is 0.263. The van der Waals surface area contributed by atoms with E-state index >= 15 is 0 Å². The van der Waals surface area contributed by atoms with E-state index in [4.69, 9.17) is 0 Å².